The number of nitrogens with zero attached hydrogens (tertiary/aromatic N) is 2. The van der Waals surface area contributed by atoms with Gasteiger partial charge >= 0.3 is 0 Å². The third-order valence-corrected chi connectivity index (χ3v) is 5.89. The van der Waals surface area contributed by atoms with Gasteiger partial charge in [-0.3, -0.25) is 14.6 Å². The smallest absolute Gasteiger partial charge is 0.267 e. The summed E-state index contributed by atoms with van der Waals surface area (Å²) < 4.78 is 0.647. The summed E-state index contributed by atoms with van der Waals surface area (Å²) in [6, 6.07) is 7.45. The number of carbonyl (C=O) groups excluding carboxylic acids is 1. The molecule has 0 saturated carbocycles. The molecule has 122 valence electrons. The molecule has 1 aromatic carbocycles. The van der Waals surface area contributed by atoms with Gasteiger partial charge in [-0.05, 0) is 42.5 Å². The van der Waals surface area contributed by atoms with Crippen LogP contribution in [0.2, 0.25) is 5.02 Å². The SMILES string of the molecule is CC1CCN(CN2C(=O)/C(=C/c3ccc(Cl)cc3)SC2=S)CC1. The first kappa shape index (κ1) is 17.0. The number of likely N-dealkylation sites (tertiary alicyclic amines) is 1. The Morgan fingerprint density at radius 2 is 1.96 bits per heavy atom. The van der Waals surface area contributed by atoms with E-state index in [4.69, 9.17) is 23.8 Å². The Kier molecular flexibility index (Phi) is 5.42. The van der Waals surface area contributed by atoms with Gasteiger partial charge in [-0.2, -0.15) is 0 Å². The molecule has 3 rings (SSSR count). The van der Waals surface area contributed by atoms with Gasteiger partial charge in [-0.1, -0.05) is 54.6 Å². The fourth-order valence-electron chi connectivity index (χ4n) is 2.74. The third kappa shape index (κ3) is 4.15. The fourth-order valence-corrected chi connectivity index (χ4v) is 4.10. The van der Waals surface area contributed by atoms with Gasteiger partial charge in [0.15, 0.2) is 0 Å². The lowest BCUT2D eigenvalue weighted by Crippen LogP contribution is -2.43. The van der Waals surface area contributed by atoms with Crippen LogP contribution in [-0.4, -0.2) is 39.8 Å². The second kappa shape index (κ2) is 7.34. The Morgan fingerprint density at radius 3 is 2.61 bits per heavy atom. The standard InChI is InChI=1S/C17H19ClN2OS2/c1-12-6-8-19(9-7-12)11-20-16(21)15(23-17(20)22)10-13-2-4-14(18)5-3-13/h2-5,10,12H,6-9,11H2,1H3/b15-10-. The minimum atomic E-state index is 0.00794. The van der Waals surface area contributed by atoms with E-state index < -0.39 is 0 Å². The molecule has 23 heavy (non-hydrogen) atoms. The lowest BCUT2D eigenvalue weighted by Gasteiger charge is -2.32. The zero-order valence-corrected chi connectivity index (χ0v) is 15.4. The number of thioether (sulfide) groups is 1. The number of thiocarbonyl (C=S) groups is 1. The molecule has 0 bridgehead atoms. The fraction of sp³-hybridized carbons (Fsp3) is 0.412. The minimum Gasteiger partial charge on any atom is -0.286 e. The number of hydrogen-bond acceptors (Lipinski definition) is 4. The van der Waals surface area contributed by atoms with E-state index in [1.54, 1.807) is 4.90 Å². The van der Waals surface area contributed by atoms with E-state index in [0.717, 1.165) is 24.6 Å². The lowest BCUT2D eigenvalue weighted by molar-refractivity contribution is -0.123. The first-order chi connectivity index (χ1) is 11.0. The first-order valence-corrected chi connectivity index (χ1v) is 9.36. The Bertz CT molecular complexity index is 636. The zero-order chi connectivity index (χ0) is 16.4. The molecule has 6 heteroatoms. The van der Waals surface area contributed by atoms with E-state index in [1.807, 2.05) is 30.3 Å². The molecular formula is C17H19ClN2OS2. The molecule has 0 spiro atoms. The van der Waals surface area contributed by atoms with Gasteiger partial charge in [-0.25, -0.2) is 0 Å². The molecule has 2 saturated heterocycles. The number of rotatable bonds is 3. The van der Waals surface area contributed by atoms with Gasteiger partial charge in [0.25, 0.3) is 5.91 Å². The molecule has 0 radical (unpaired) electrons. The van der Waals surface area contributed by atoms with E-state index in [1.165, 1.54) is 24.6 Å². The van der Waals surface area contributed by atoms with Crippen LogP contribution in [0.3, 0.4) is 0 Å². The molecular weight excluding hydrogens is 348 g/mol. The largest absolute Gasteiger partial charge is 0.286 e. The summed E-state index contributed by atoms with van der Waals surface area (Å²) in [4.78, 5) is 17.3. The predicted molar refractivity (Wildman–Crippen MR) is 101 cm³/mol. The van der Waals surface area contributed by atoms with E-state index in [0.29, 0.717) is 20.9 Å². The lowest BCUT2D eigenvalue weighted by atomic mass is 10.00. The van der Waals surface area contributed by atoms with Crippen LogP contribution in [0.25, 0.3) is 6.08 Å². The van der Waals surface area contributed by atoms with Crippen molar-refractivity contribution in [2.24, 2.45) is 5.92 Å². The van der Waals surface area contributed by atoms with Crippen LogP contribution in [0.1, 0.15) is 25.3 Å². The molecule has 0 unspecified atom stereocenters. The van der Waals surface area contributed by atoms with Crippen LogP contribution in [-0.2, 0) is 4.79 Å². The van der Waals surface area contributed by atoms with Crippen molar-refractivity contribution in [1.82, 2.24) is 9.80 Å². The molecule has 2 aliphatic heterocycles. The summed E-state index contributed by atoms with van der Waals surface area (Å²) in [7, 11) is 0. The van der Waals surface area contributed by atoms with Gasteiger partial charge in [0.2, 0.25) is 0 Å². The maximum absolute atomic E-state index is 12.6. The Balaban J connectivity index is 1.68. The molecule has 0 aliphatic carbocycles. The number of benzene rings is 1. The molecule has 0 aromatic heterocycles. The average molecular weight is 367 g/mol. The minimum absolute atomic E-state index is 0.00794. The summed E-state index contributed by atoms with van der Waals surface area (Å²) in [5.74, 6) is 0.788. The maximum atomic E-state index is 12.6. The van der Waals surface area contributed by atoms with Crippen LogP contribution in [0.5, 0.6) is 0 Å². The number of carbonyl (C=O) groups is 1. The van der Waals surface area contributed by atoms with Crippen molar-refractivity contribution in [3.8, 4) is 0 Å². The molecule has 3 nitrogen and oxygen atoms in total. The topological polar surface area (TPSA) is 23.6 Å². The zero-order valence-electron chi connectivity index (χ0n) is 13.0. The van der Waals surface area contributed by atoms with Crippen LogP contribution < -0.4 is 0 Å². The Morgan fingerprint density at radius 1 is 1.30 bits per heavy atom. The normalized spacial score (nSPS) is 22.3. The molecule has 0 atom stereocenters. The monoisotopic (exact) mass is 366 g/mol. The van der Waals surface area contributed by atoms with Gasteiger partial charge in [0.1, 0.15) is 4.32 Å². The first-order valence-electron chi connectivity index (χ1n) is 7.76. The summed E-state index contributed by atoms with van der Waals surface area (Å²) in [5.41, 5.74) is 0.960. The van der Waals surface area contributed by atoms with Gasteiger partial charge in [0, 0.05) is 18.1 Å². The highest BCUT2D eigenvalue weighted by Crippen LogP contribution is 2.33. The Labute approximate surface area is 151 Å². The molecule has 2 heterocycles. The highest BCUT2D eigenvalue weighted by Gasteiger charge is 2.33. The van der Waals surface area contributed by atoms with E-state index in [-0.39, 0.29) is 5.91 Å². The highest BCUT2D eigenvalue weighted by molar-refractivity contribution is 8.26. The predicted octanol–water partition coefficient (Wildman–Crippen LogP) is 4.23. The van der Waals surface area contributed by atoms with Gasteiger partial charge in [-0.15, -0.1) is 0 Å². The molecule has 1 amide bonds. The third-order valence-electron chi connectivity index (χ3n) is 4.26. The molecule has 0 N–H and O–H groups in total. The highest BCUT2D eigenvalue weighted by atomic mass is 35.5. The summed E-state index contributed by atoms with van der Waals surface area (Å²) in [5, 5.41) is 0.689. The molecule has 2 aliphatic rings. The van der Waals surface area contributed by atoms with E-state index in [2.05, 4.69) is 11.8 Å². The van der Waals surface area contributed by atoms with Crippen molar-refractivity contribution in [3.63, 3.8) is 0 Å². The van der Waals surface area contributed by atoms with Crippen molar-refractivity contribution >= 4 is 51.9 Å². The second-order valence-corrected chi connectivity index (χ2v) is 8.22. The van der Waals surface area contributed by atoms with Crippen molar-refractivity contribution in [2.45, 2.75) is 19.8 Å². The van der Waals surface area contributed by atoms with Crippen LogP contribution in [0.4, 0.5) is 0 Å². The van der Waals surface area contributed by atoms with E-state index in [9.17, 15) is 4.79 Å². The summed E-state index contributed by atoms with van der Waals surface area (Å²) >= 11 is 12.7. The molecule has 2 fully saturated rings. The van der Waals surface area contributed by atoms with Crippen molar-refractivity contribution in [1.29, 1.82) is 0 Å². The van der Waals surface area contributed by atoms with E-state index >= 15 is 0 Å². The number of piperidine rings is 1. The Hall–Kier alpha value is -0.880. The van der Waals surface area contributed by atoms with Crippen molar-refractivity contribution in [2.75, 3.05) is 19.8 Å². The van der Waals surface area contributed by atoms with Crippen LogP contribution >= 0.6 is 35.6 Å². The van der Waals surface area contributed by atoms with Gasteiger partial charge in [0.05, 0.1) is 11.6 Å². The number of halogens is 1. The maximum Gasteiger partial charge on any atom is 0.267 e. The van der Waals surface area contributed by atoms with Crippen molar-refractivity contribution in [3.05, 3.63) is 39.8 Å². The van der Waals surface area contributed by atoms with Crippen LogP contribution in [0, 0.1) is 5.92 Å². The second-order valence-electron chi connectivity index (χ2n) is 6.10. The van der Waals surface area contributed by atoms with Crippen LogP contribution in [0.15, 0.2) is 29.2 Å². The molecule has 1 aromatic rings. The average Bonchev–Trinajstić information content (AvgIpc) is 2.79. The van der Waals surface area contributed by atoms with Gasteiger partial charge < -0.3 is 0 Å². The summed E-state index contributed by atoms with van der Waals surface area (Å²) in [6.45, 7) is 4.96. The number of amides is 1. The summed E-state index contributed by atoms with van der Waals surface area (Å²) in [6.07, 6.45) is 4.26. The number of hydrogen-bond donors (Lipinski definition) is 0. The quantitative estimate of drug-likeness (QED) is 0.590. The van der Waals surface area contributed by atoms with Crippen molar-refractivity contribution < 1.29 is 4.79 Å².